The molecule has 2 rings (SSSR count). The third-order valence-electron chi connectivity index (χ3n) is 3.31. The monoisotopic (exact) mass is 360 g/mol. The summed E-state index contributed by atoms with van der Waals surface area (Å²) < 4.78 is 1.02. The number of benzene rings is 2. The predicted octanol–water partition coefficient (Wildman–Crippen LogP) is 4.84. The normalized spacial score (nSPS) is 10.3. The van der Waals surface area contributed by atoms with Crippen molar-refractivity contribution in [2.24, 2.45) is 0 Å². The maximum Gasteiger partial charge on any atom is 0.228 e. The highest BCUT2D eigenvalue weighted by molar-refractivity contribution is 9.10. The van der Waals surface area contributed by atoms with Crippen molar-refractivity contribution in [3.8, 4) is 0 Å². The van der Waals surface area contributed by atoms with Crippen LogP contribution in [0.25, 0.3) is 0 Å². The largest absolute Gasteiger partial charge is 0.385 e. The van der Waals surface area contributed by atoms with E-state index in [1.165, 1.54) is 6.42 Å². The van der Waals surface area contributed by atoms with Crippen molar-refractivity contribution in [3.05, 3.63) is 58.6 Å². The lowest BCUT2D eigenvalue weighted by Gasteiger charge is -2.08. The number of halogens is 1. The van der Waals surface area contributed by atoms with Gasteiger partial charge in [0.05, 0.1) is 6.42 Å². The van der Waals surface area contributed by atoms with Crippen molar-refractivity contribution >= 4 is 33.2 Å². The maximum absolute atomic E-state index is 12.0. The maximum atomic E-state index is 12.0. The Morgan fingerprint density at radius 3 is 2.27 bits per heavy atom. The van der Waals surface area contributed by atoms with Crippen molar-refractivity contribution in [2.45, 2.75) is 26.2 Å². The van der Waals surface area contributed by atoms with Crippen LogP contribution in [0.15, 0.2) is 53.0 Å². The first-order valence-electron chi connectivity index (χ1n) is 7.55. The van der Waals surface area contributed by atoms with Gasteiger partial charge in [-0.1, -0.05) is 41.4 Å². The van der Waals surface area contributed by atoms with Crippen molar-refractivity contribution in [1.82, 2.24) is 0 Å². The Balaban J connectivity index is 1.84. The number of anilines is 2. The summed E-state index contributed by atoms with van der Waals surface area (Å²) in [4.78, 5) is 12.0. The van der Waals surface area contributed by atoms with Crippen LogP contribution < -0.4 is 10.6 Å². The van der Waals surface area contributed by atoms with Gasteiger partial charge in [-0.25, -0.2) is 0 Å². The molecule has 0 radical (unpaired) electrons. The number of carbonyl (C=O) groups is 1. The molecule has 2 aromatic carbocycles. The molecule has 0 saturated carbocycles. The number of hydrogen-bond acceptors (Lipinski definition) is 2. The average Bonchev–Trinajstić information content (AvgIpc) is 2.51. The van der Waals surface area contributed by atoms with Crippen molar-refractivity contribution in [2.75, 3.05) is 17.2 Å². The molecule has 3 nitrogen and oxygen atoms in total. The summed E-state index contributed by atoms with van der Waals surface area (Å²) in [5.74, 6) is -0.00554. The highest BCUT2D eigenvalue weighted by Crippen LogP contribution is 2.15. The fraction of sp³-hybridized carbons (Fsp3) is 0.278. The first-order chi connectivity index (χ1) is 10.7. The molecule has 0 aliphatic rings. The molecule has 4 heteroatoms. The zero-order chi connectivity index (χ0) is 15.8. The van der Waals surface area contributed by atoms with E-state index in [4.69, 9.17) is 0 Å². The van der Waals surface area contributed by atoms with Crippen LogP contribution in [0.2, 0.25) is 0 Å². The zero-order valence-electron chi connectivity index (χ0n) is 12.7. The molecule has 0 atom stereocenters. The molecule has 0 aliphatic heterocycles. The van der Waals surface area contributed by atoms with E-state index in [9.17, 15) is 4.79 Å². The van der Waals surface area contributed by atoms with Crippen LogP contribution in [0.5, 0.6) is 0 Å². The van der Waals surface area contributed by atoms with Crippen LogP contribution >= 0.6 is 15.9 Å². The fourth-order valence-corrected chi connectivity index (χ4v) is 2.34. The topological polar surface area (TPSA) is 41.1 Å². The Bertz CT molecular complexity index is 593. The second-order valence-electron chi connectivity index (χ2n) is 5.21. The second kappa shape index (κ2) is 8.59. The highest BCUT2D eigenvalue weighted by atomic mass is 79.9. The number of rotatable bonds is 7. The summed E-state index contributed by atoms with van der Waals surface area (Å²) in [5.41, 5.74) is 2.90. The van der Waals surface area contributed by atoms with Crippen LogP contribution in [0.4, 0.5) is 11.4 Å². The van der Waals surface area contributed by atoms with Gasteiger partial charge in [-0.2, -0.15) is 0 Å². The van der Waals surface area contributed by atoms with E-state index in [2.05, 4.69) is 33.5 Å². The Kier molecular flexibility index (Phi) is 6.46. The number of hydrogen-bond donors (Lipinski definition) is 2. The van der Waals surface area contributed by atoms with E-state index in [0.717, 1.165) is 34.4 Å². The molecule has 2 aromatic rings. The molecule has 0 spiro atoms. The predicted molar refractivity (Wildman–Crippen MR) is 96.3 cm³/mol. The van der Waals surface area contributed by atoms with Crippen LogP contribution in [-0.4, -0.2) is 12.5 Å². The lowest BCUT2D eigenvalue weighted by molar-refractivity contribution is -0.115. The quantitative estimate of drug-likeness (QED) is 0.693. The van der Waals surface area contributed by atoms with E-state index < -0.39 is 0 Å². The first kappa shape index (κ1) is 16.6. The zero-order valence-corrected chi connectivity index (χ0v) is 14.3. The van der Waals surface area contributed by atoms with E-state index in [1.54, 1.807) is 0 Å². The molecule has 0 unspecified atom stereocenters. The van der Waals surface area contributed by atoms with Crippen LogP contribution in [0.3, 0.4) is 0 Å². The molecular formula is C18H21BrN2O. The van der Waals surface area contributed by atoms with Gasteiger partial charge in [-0.15, -0.1) is 0 Å². The molecule has 2 N–H and O–H groups in total. The Labute approximate surface area is 140 Å². The smallest absolute Gasteiger partial charge is 0.228 e. The Hall–Kier alpha value is -1.81. The molecule has 0 bridgehead atoms. The van der Waals surface area contributed by atoms with Crippen LogP contribution in [-0.2, 0) is 11.2 Å². The molecule has 0 fully saturated rings. The van der Waals surface area contributed by atoms with Gasteiger partial charge in [-0.3, -0.25) is 4.79 Å². The summed E-state index contributed by atoms with van der Waals surface area (Å²) in [6, 6.07) is 15.6. The van der Waals surface area contributed by atoms with Crippen molar-refractivity contribution < 1.29 is 4.79 Å². The standard InChI is InChI=1S/C18H21BrN2O/c1-2-3-12-20-16-8-10-17(11-9-16)21-18(22)13-14-4-6-15(19)7-5-14/h4-11,20H,2-3,12-13H2,1H3,(H,21,22). The molecular weight excluding hydrogens is 340 g/mol. The molecule has 0 saturated heterocycles. The summed E-state index contributed by atoms with van der Waals surface area (Å²) >= 11 is 3.39. The van der Waals surface area contributed by atoms with Crippen LogP contribution in [0.1, 0.15) is 25.3 Å². The molecule has 1 amide bonds. The van der Waals surface area contributed by atoms with Gasteiger partial charge in [0.1, 0.15) is 0 Å². The molecule has 22 heavy (non-hydrogen) atoms. The van der Waals surface area contributed by atoms with Gasteiger partial charge >= 0.3 is 0 Å². The molecule has 0 aromatic heterocycles. The molecule has 0 heterocycles. The molecule has 116 valence electrons. The van der Waals surface area contributed by atoms with Gasteiger partial charge in [0.2, 0.25) is 5.91 Å². The summed E-state index contributed by atoms with van der Waals surface area (Å²) in [7, 11) is 0. The number of carbonyl (C=O) groups excluding carboxylic acids is 1. The lowest BCUT2D eigenvalue weighted by atomic mass is 10.1. The Morgan fingerprint density at radius 1 is 1.00 bits per heavy atom. The van der Waals surface area contributed by atoms with E-state index in [1.807, 2.05) is 48.5 Å². The third-order valence-corrected chi connectivity index (χ3v) is 3.83. The van der Waals surface area contributed by atoms with E-state index in [-0.39, 0.29) is 5.91 Å². The van der Waals surface area contributed by atoms with Crippen molar-refractivity contribution in [1.29, 1.82) is 0 Å². The van der Waals surface area contributed by atoms with Gasteiger partial charge in [0, 0.05) is 22.4 Å². The van der Waals surface area contributed by atoms with Gasteiger partial charge < -0.3 is 10.6 Å². The highest BCUT2D eigenvalue weighted by Gasteiger charge is 2.04. The minimum absolute atomic E-state index is 0.00554. The van der Waals surface area contributed by atoms with Gasteiger partial charge in [-0.05, 0) is 48.4 Å². The Morgan fingerprint density at radius 2 is 1.64 bits per heavy atom. The van der Waals surface area contributed by atoms with Gasteiger partial charge in [0.25, 0.3) is 0 Å². The first-order valence-corrected chi connectivity index (χ1v) is 8.35. The SMILES string of the molecule is CCCCNc1ccc(NC(=O)Cc2ccc(Br)cc2)cc1. The van der Waals surface area contributed by atoms with E-state index in [0.29, 0.717) is 6.42 Å². The van der Waals surface area contributed by atoms with Gasteiger partial charge in [0.15, 0.2) is 0 Å². The summed E-state index contributed by atoms with van der Waals surface area (Å²) in [5, 5.41) is 6.28. The summed E-state index contributed by atoms with van der Waals surface area (Å²) in [6.07, 6.45) is 2.71. The summed E-state index contributed by atoms with van der Waals surface area (Å²) in [6.45, 7) is 3.15. The number of nitrogens with one attached hydrogen (secondary N) is 2. The van der Waals surface area contributed by atoms with Crippen molar-refractivity contribution in [3.63, 3.8) is 0 Å². The van der Waals surface area contributed by atoms with E-state index >= 15 is 0 Å². The van der Waals surface area contributed by atoms with Crippen LogP contribution in [0, 0.1) is 0 Å². The third kappa shape index (κ3) is 5.53. The minimum atomic E-state index is -0.00554. The number of unbranched alkanes of at least 4 members (excludes halogenated alkanes) is 1. The second-order valence-corrected chi connectivity index (χ2v) is 6.12. The fourth-order valence-electron chi connectivity index (χ4n) is 2.07. The number of amides is 1. The molecule has 0 aliphatic carbocycles. The average molecular weight is 361 g/mol. The lowest BCUT2D eigenvalue weighted by Crippen LogP contribution is -2.14. The minimum Gasteiger partial charge on any atom is -0.385 e.